The van der Waals surface area contributed by atoms with Crippen molar-refractivity contribution in [3.05, 3.63) is 16.8 Å². The number of anilines is 1. The van der Waals surface area contributed by atoms with Crippen LogP contribution in [0.15, 0.2) is 6.07 Å². The van der Waals surface area contributed by atoms with Crippen molar-refractivity contribution in [3.63, 3.8) is 0 Å². The van der Waals surface area contributed by atoms with Crippen LogP contribution in [-0.4, -0.2) is 16.6 Å². The van der Waals surface area contributed by atoms with Crippen molar-refractivity contribution in [2.24, 2.45) is 5.41 Å². The highest BCUT2D eigenvalue weighted by Crippen LogP contribution is 2.36. The van der Waals surface area contributed by atoms with Gasteiger partial charge in [-0.3, -0.25) is 0 Å². The molecule has 0 bridgehead atoms. The summed E-state index contributed by atoms with van der Waals surface area (Å²) < 4.78 is 5.83. The van der Waals surface area contributed by atoms with E-state index in [0.29, 0.717) is 18.2 Å². The van der Waals surface area contributed by atoms with Gasteiger partial charge in [0.05, 0.1) is 5.39 Å². The molecule has 0 spiro atoms. The minimum absolute atomic E-state index is 0.0670. The van der Waals surface area contributed by atoms with E-state index in [1.54, 1.807) is 11.3 Å². The Morgan fingerprint density at radius 1 is 1.37 bits per heavy atom. The topological polar surface area (TPSA) is 61.0 Å². The molecule has 0 aliphatic heterocycles. The van der Waals surface area contributed by atoms with Crippen LogP contribution in [0.1, 0.15) is 44.5 Å². The maximum Gasteiger partial charge on any atom is 0.161 e. The van der Waals surface area contributed by atoms with Gasteiger partial charge in [-0.05, 0) is 25.3 Å². The molecule has 0 aliphatic rings. The highest BCUT2D eigenvalue weighted by Gasteiger charge is 2.30. The van der Waals surface area contributed by atoms with Crippen molar-refractivity contribution in [3.8, 4) is 0 Å². The number of nitrogen functional groups attached to an aromatic ring is 1. The third-order valence-electron chi connectivity index (χ3n) is 2.92. The minimum Gasteiger partial charge on any atom is -0.383 e. The molecule has 1 unspecified atom stereocenters. The maximum atomic E-state index is 6.05. The molecule has 4 nitrogen and oxygen atoms in total. The van der Waals surface area contributed by atoms with Crippen molar-refractivity contribution < 1.29 is 4.74 Å². The highest BCUT2D eigenvalue weighted by molar-refractivity contribution is 7.18. The molecule has 2 aromatic heterocycles. The van der Waals surface area contributed by atoms with Crippen molar-refractivity contribution in [2.45, 2.75) is 40.7 Å². The average Bonchev–Trinajstić information content (AvgIpc) is 2.65. The lowest BCUT2D eigenvalue weighted by molar-refractivity contribution is -0.0187. The van der Waals surface area contributed by atoms with E-state index in [2.05, 4.69) is 37.7 Å². The van der Waals surface area contributed by atoms with Crippen LogP contribution in [0.4, 0.5) is 5.82 Å². The van der Waals surface area contributed by atoms with E-state index >= 15 is 0 Å². The SMILES string of the molecule is CCOC(c1nc(N)c2cc(C)sc2n1)C(C)(C)C. The van der Waals surface area contributed by atoms with Crippen LogP contribution in [0.25, 0.3) is 10.2 Å². The summed E-state index contributed by atoms with van der Waals surface area (Å²) in [6.45, 7) is 11.0. The van der Waals surface area contributed by atoms with Gasteiger partial charge in [0.1, 0.15) is 16.8 Å². The van der Waals surface area contributed by atoms with Gasteiger partial charge in [-0.25, -0.2) is 9.97 Å². The molecule has 0 aromatic carbocycles. The van der Waals surface area contributed by atoms with Gasteiger partial charge in [0, 0.05) is 11.5 Å². The normalized spacial score (nSPS) is 13.9. The van der Waals surface area contributed by atoms with E-state index in [1.165, 1.54) is 4.88 Å². The van der Waals surface area contributed by atoms with E-state index in [9.17, 15) is 0 Å². The van der Waals surface area contributed by atoms with Gasteiger partial charge in [-0.15, -0.1) is 11.3 Å². The zero-order valence-electron chi connectivity index (χ0n) is 12.2. The molecular weight excluding hydrogens is 258 g/mol. The lowest BCUT2D eigenvalue weighted by Crippen LogP contribution is -2.24. The Kier molecular flexibility index (Phi) is 3.78. The lowest BCUT2D eigenvalue weighted by atomic mass is 9.88. The molecule has 0 fully saturated rings. The summed E-state index contributed by atoms with van der Waals surface area (Å²) in [5.41, 5.74) is 5.98. The summed E-state index contributed by atoms with van der Waals surface area (Å²) in [5.74, 6) is 1.22. The highest BCUT2D eigenvalue weighted by atomic mass is 32.1. The average molecular weight is 279 g/mol. The Morgan fingerprint density at radius 3 is 2.63 bits per heavy atom. The fourth-order valence-corrected chi connectivity index (χ4v) is 2.97. The fourth-order valence-electron chi connectivity index (χ4n) is 2.08. The third kappa shape index (κ3) is 2.87. The summed E-state index contributed by atoms with van der Waals surface area (Å²) in [7, 11) is 0. The first-order chi connectivity index (χ1) is 8.82. The molecule has 104 valence electrons. The molecule has 0 saturated carbocycles. The van der Waals surface area contributed by atoms with Crippen LogP contribution < -0.4 is 5.73 Å². The molecule has 2 rings (SSSR count). The zero-order valence-corrected chi connectivity index (χ0v) is 13.0. The van der Waals surface area contributed by atoms with Gasteiger partial charge >= 0.3 is 0 Å². The van der Waals surface area contributed by atoms with E-state index in [0.717, 1.165) is 10.2 Å². The van der Waals surface area contributed by atoms with Gasteiger partial charge in [-0.1, -0.05) is 20.8 Å². The van der Waals surface area contributed by atoms with E-state index in [4.69, 9.17) is 10.5 Å². The number of fused-ring (bicyclic) bond motifs is 1. The Labute approximate surface area is 118 Å². The molecule has 2 N–H and O–H groups in total. The monoisotopic (exact) mass is 279 g/mol. The smallest absolute Gasteiger partial charge is 0.161 e. The summed E-state index contributed by atoms with van der Waals surface area (Å²) in [6.07, 6.45) is -0.147. The second kappa shape index (κ2) is 5.06. The van der Waals surface area contributed by atoms with Gasteiger partial charge < -0.3 is 10.5 Å². The fraction of sp³-hybridized carbons (Fsp3) is 0.571. The van der Waals surface area contributed by atoms with Crippen LogP contribution in [0.2, 0.25) is 0 Å². The van der Waals surface area contributed by atoms with Crippen LogP contribution in [0.3, 0.4) is 0 Å². The summed E-state index contributed by atoms with van der Waals surface area (Å²) in [5, 5.41) is 0.940. The van der Waals surface area contributed by atoms with E-state index in [1.807, 2.05) is 13.0 Å². The molecule has 0 aliphatic carbocycles. The first-order valence-electron chi connectivity index (χ1n) is 6.48. The summed E-state index contributed by atoms with van der Waals surface area (Å²) in [6, 6.07) is 2.03. The van der Waals surface area contributed by atoms with Crippen LogP contribution in [-0.2, 0) is 4.74 Å². The van der Waals surface area contributed by atoms with Crippen LogP contribution >= 0.6 is 11.3 Å². The number of rotatable bonds is 3. The van der Waals surface area contributed by atoms with Gasteiger partial charge in [0.2, 0.25) is 0 Å². The molecule has 2 heterocycles. The number of nitrogens with zero attached hydrogens (tertiary/aromatic N) is 2. The third-order valence-corrected chi connectivity index (χ3v) is 3.86. The quantitative estimate of drug-likeness (QED) is 0.930. The number of thiophene rings is 1. The predicted molar refractivity (Wildman–Crippen MR) is 80.4 cm³/mol. The van der Waals surface area contributed by atoms with Crippen molar-refractivity contribution in [1.82, 2.24) is 9.97 Å². The number of ether oxygens (including phenoxy) is 1. The Balaban J connectivity index is 2.54. The second-order valence-corrected chi connectivity index (χ2v) is 6.98. The molecular formula is C14H21N3OS. The first kappa shape index (κ1) is 14.2. The second-order valence-electron chi connectivity index (χ2n) is 5.74. The summed E-state index contributed by atoms with van der Waals surface area (Å²) >= 11 is 1.64. The van der Waals surface area contributed by atoms with E-state index in [-0.39, 0.29) is 11.5 Å². The van der Waals surface area contributed by atoms with E-state index < -0.39 is 0 Å². The van der Waals surface area contributed by atoms with Crippen molar-refractivity contribution >= 4 is 27.4 Å². The number of nitrogens with two attached hydrogens (primary N) is 1. The van der Waals surface area contributed by atoms with Gasteiger partial charge in [-0.2, -0.15) is 0 Å². The zero-order chi connectivity index (χ0) is 14.2. The Bertz CT molecular complexity index is 586. The van der Waals surface area contributed by atoms with Gasteiger partial charge in [0.15, 0.2) is 5.82 Å². The number of aryl methyl sites for hydroxylation is 1. The molecule has 0 amide bonds. The molecule has 19 heavy (non-hydrogen) atoms. The molecule has 2 aromatic rings. The Hall–Kier alpha value is -1.20. The molecule has 5 heteroatoms. The molecule has 0 radical (unpaired) electrons. The predicted octanol–water partition coefficient (Wildman–Crippen LogP) is 3.71. The van der Waals surface area contributed by atoms with Crippen molar-refractivity contribution in [2.75, 3.05) is 12.3 Å². The number of hydrogen-bond donors (Lipinski definition) is 1. The summed E-state index contributed by atoms with van der Waals surface area (Å²) in [4.78, 5) is 11.2. The largest absolute Gasteiger partial charge is 0.383 e. The van der Waals surface area contributed by atoms with Crippen molar-refractivity contribution in [1.29, 1.82) is 0 Å². The number of hydrogen-bond acceptors (Lipinski definition) is 5. The standard InChI is InChI=1S/C14H21N3OS/c1-6-18-10(14(3,4)5)12-16-11(15)9-7-8(2)19-13(9)17-12/h7,10H,6H2,1-5H3,(H2,15,16,17). The van der Waals surface area contributed by atoms with Crippen LogP contribution in [0.5, 0.6) is 0 Å². The number of aromatic nitrogens is 2. The molecule has 1 atom stereocenters. The minimum atomic E-state index is -0.147. The first-order valence-corrected chi connectivity index (χ1v) is 7.29. The maximum absolute atomic E-state index is 6.05. The lowest BCUT2D eigenvalue weighted by Gasteiger charge is -2.29. The molecule has 0 saturated heterocycles. The van der Waals surface area contributed by atoms with Crippen LogP contribution in [0, 0.1) is 12.3 Å². The Morgan fingerprint density at radius 2 is 2.05 bits per heavy atom. The van der Waals surface area contributed by atoms with Gasteiger partial charge in [0.25, 0.3) is 0 Å².